The number of fused-ring (bicyclic) bond motifs is 1. The Morgan fingerprint density at radius 2 is 0.643 bits per heavy atom. The van der Waals surface area contributed by atoms with E-state index in [0.717, 1.165) is 38.5 Å². The van der Waals surface area contributed by atoms with Crippen LogP contribution in [-0.4, -0.2) is 88.2 Å². The van der Waals surface area contributed by atoms with Gasteiger partial charge in [0.15, 0.2) is 17.4 Å². The van der Waals surface area contributed by atoms with Gasteiger partial charge >= 0.3 is 0 Å². The Morgan fingerprint density at radius 3 is 1.00 bits per heavy atom. The molecule has 0 aliphatic carbocycles. The summed E-state index contributed by atoms with van der Waals surface area (Å²) in [4.78, 5) is 0. The Morgan fingerprint density at radius 1 is 0.381 bits per heavy atom. The quantitative estimate of drug-likeness (QED) is 0.406. The van der Waals surface area contributed by atoms with E-state index < -0.39 is 17.4 Å². The lowest BCUT2D eigenvalue weighted by Gasteiger charge is -2.61. The minimum atomic E-state index is -0.778. The summed E-state index contributed by atoms with van der Waals surface area (Å²) in [6.45, 7) is 27.7. The van der Waals surface area contributed by atoms with E-state index in [2.05, 4.69) is 99.0 Å². The highest BCUT2D eigenvalue weighted by Crippen LogP contribution is 2.52. The first-order chi connectivity index (χ1) is 18.9. The van der Waals surface area contributed by atoms with Gasteiger partial charge in [0, 0.05) is 71.8 Å². The molecule has 3 N–H and O–H groups in total. The van der Waals surface area contributed by atoms with E-state index in [-0.39, 0.29) is 57.6 Å². The Balaban J connectivity index is 1.34. The van der Waals surface area contributed by atoms with Gasteiger partial charge in [-0.2, -0.15) is 0 Å². The van der Waals surface area contributed by atoms with Crippen LogP contribution in [0.4, 0.5) is 0 Å². The van der Waals surface area contributed by atoms with E-state index in [9.17, 15) is 0 Å². The highest BCUT2D eigenvalue weighted by molar-refractivity contribution is 5.10. The second-order valence-corrected chi connectivity index (χ2v) is 18.6. The maximum Gasteiger partial charge on any atom is 0.173 e. The second kappa shape index (κ2) is 9.35. The predicted octanol–water partition coefficient (Wildman–Crippen LogP) is 4.51. The molecule has 6 aliphatic rings. The van der Waals surface area contributed by atoms with Gasteiger partial charge < -0.3 is 44.4 Å². The number of ether oxygens (including phenoxy) is 6. The molecular weight excluding hydrogens is 534 g/mol. The minimum absolute atomic E-state index is 0.120. The molecule has 242 valence electrons. The molecule has 0 radical (unpaired) electrons. The summed E-state index contributed by atoms with van der Waals surface area (Å²) in [6, 6.07) is 0. The standard InChI is InChI=1S/C33H59N3O6/c1-25(2)15-31(16-26(3,4)34-25)37-13-21(39-31)24-23-22(40-33(42-24)19-29(9,10)36-30(11,12)20-33)14-38-32(41-23)17-27(5,6)35-28(7,8)18-32/h21-24,34-36H,13-20H2,1-12H3/t21-,22+,23-,24-/m1/s1. The van der Waals surface area contributed by atoms with Crippen molar-refractivity contribution in [3.05, 3.63) is 0 Å². The van der Waals surface area contributed by atoms with E-state index in [0.29, 0.717) is 13.2 Å². The van der Waals surface area contributed by atoms with Crippen LogP contribution < -0.4 is 16.0 Å². The fraction of sp³-hybridized carbons (Fsp3) is 1.00. The van der Waals surface area contributed by atoms with Crippen molar-refractivity contribution in [1.82, 2.24) is 16.0 Å². The molecule has 0 saturated carbocycles. The summed E-state index contributed by atoms with van der Waals surface area (Å²) in [7, 11) is 0. The molecular formula is C33H59N3O6. The summed E-state index contributed by atoms with van der Waals surface area (Å²) >= 11 is 0. The largest absolute Gasteiger partial charge is 0.347 e. The van der Waals surface area contributed by atoms with E-state index in [1.165, 1.54) is 0 Å². The molecule has 0 aromatic carbocycles. The Kier molecular flexibility index (Phi) is 7.04. The first-order valence-corrected chi connectivity index (χ1v) is 16.3. The summed E-state index contributed by atoms with van der Waals surface area (Å²) in [5.74, 6) is -2.17. The maximum atomic E-state index is 7.24. The zero-order valence-corrected chi connectivity index (χ0v) is 28.4. The van der Waals surface area contributed by atoms with Gasteiger partial charge in [-0.1, -0.05) is 0 Å². The van der Waals surface area contributed by atoms with Crippen molar-refractivity contribution in [1.29, 1.82) is 0 Å². The average molecular weight is 594 g/mol. The van der Waals surface area contributed by atoms with Crippen molar-refractivity contribution < 1.29 is 28.4 Å². The van der Waals surface area contributed by atoms with Crippen LogP contribution in [0.15, 0.2) is 0 Å². The SMILES string of the molecule is CC1(C)CC2(CC(C)(C)N1)OC[C@@H]1OC3(CC(C)(C)NC(C)(C)C3)O[C@H]([C@H]3COC4(CC(C)(C)NC(C)(C)C4)O3)[C@@H]1O2. The molecule has 9 heteroatoms. The molecule has 6 fully saturated rings. The van der Waals surface area contributed by atoms with Crippen LogP contribution in [0.1, 0.15) is 122 Å². The molecule has 9 nitrogen and oxygen atoms in total. The van der Waals surface area contributed by atoms with E-state index in [4.69, 9.17) is 28.4 Å². The van der Waals surface area contributed by atoms with Crippen LogP contribution >= 0.6 is 0 Å². The highest BCUT2D eigenvalue weighted by atomic mass is 16.8. The van der Waals surface area contributed by atoms with Gasteiger partial charge in [0.2, 0.25) is 0 Å². The molecule has 0 amide bonds. The minimum Gasteiger partial charge on any atom is -0.347 e. The Labute approximate surface area is 254 Å². The van der Waals surface area contributed by atoms with E-state index in [1.807, 2.05) is 0 Å². The number of hydrogen-bond donors (Lipinski definition) is 3. The fourth-order valence-electron chi connectivity index (χ4n) is 10.5. The van der Waals surface area contributed by atoms with Gasteiger partial charge in [0.1, 0.15) is 24.4 Å². The topological polar surface area (TPSA) is 91.5 Å². The summed E-state index contributed by atoms with van der Waals surface area (Å²) < 4.78 is 41.8. The third-order valence-electron chi connectivity index (χ3n) is 9.81. The molecule has 3 spiro atoms. The summed E-state index contributed by atoms with van der Waals surface area (Å²) in [5, 5.41) is 11.4. The fourth-order valence-corrected chi connectivity index (χ4v) is 10.5. The molecule has 4 atom stereocenters. The monoisotopic (exact) mass is 593 g/mol. The van der Waals surface area contributed by atoms with E-state index in [1.54, 1.807) is 0 Å². The first-order valence-electron chi connectivity index (χ1n) is 16.3. The molecule has 0 aromatic heterocycles. The molecule has 6 rings (SSSR count). The van der Waals surface area contributed by atoms with Crippen LogP contribution in [0.5, 0.6) is 0 Å². The number of hydrogen-bond acceptors (Lipinski definition) is 9. The van der Waals surface area contributed by atoms with Crippen molar-refractivity contribution >= 4 is 0 Å². The predicted molar refractivity (Wildman–Crippen MR) is 161 cm³/mol. The molecule has 0 bridgehead atoms. The van der Waals surface area contributed by atoms with Crippen LogP contribution in [0.2, 0.25) is 0 Å². The van der Waals surface area contributed by atoms with Crippen LogP contribution in [0.25, 0.3) is 0 Å². The van der Waals surface area contributed by atoms with Crippen molar-refractivity contribution in [2.45, 2.75) is 197 Å². The zero-order valence-electron chi connectivity index (χ0n) is 28.4. The van der Waals surface area contributed by atoms with Crippen molar-refractivity contribution in [3.8, 4) is 0 Å². The van der Waals surface area contributed by atoms with Crippen molar-refractivity contribution in [3.63, 3.8) is 0 Å². The molecule has 42 heavy (non-hydrogen) atoms. The Hall–Kier alpha value is -0.360. The number of piperidine rings is 3. The Bertz CT molecular complexity index is 1020. The normalized spacial score (nSPS) is 41.4. The van der Waals surface area contributed by atoms with Crippen LogP contribution in [0.3, 0.4) is 0 Å². The van der Waals surface area contributed by atoms with Gasteiger partial charge in [-0.15, -0.1) is 0 Å². The van der Waals surface area contributed by atoms with E-state index >= 15 is 0 Å². The average Bonchev–Trinajstić information content (AvgIpc) is 3.08. The lowest BCUT2D eigenvalue weighted by molar-refractivity contribution is -0.443. The lowest BCUT2D eigenvalue weighted by atomic mass is 9.76. The van der Waals surface area contributed by atoms with Crippen LogP contribution in [-0.2, 0) is 28.4 Å². The molecule has 6 aliphatic heterocycles. The number of rotatable bonds is 1. The third-order valence-corrected chi connectivity index (χ3v) is 9.81. The molecule has 6 heterocycles. The highest BCUT2D eigenvalue weighted by Gasteiger charge is 2.64. The van der Waals surface area contributed by atoms with Gasteiger partial charge in [0.05, 0.1) is 13.2 Å². The van der Waals surface area contributed by atoms with Crippen molar-refractivity contribution in [2.24, 2.45) is 0 Å². The maximum absolute atomic E-state index is 7.24. The van der Waals surface area contributed by atoms with Gasteiger partial charge in [-0.3, -0.25) is 0 Å². The summed E-state index contributed by atoms with van der Waals surface area (Å²) in [6.07, 6.45) is 3.26. The summed E-state index contributed by atoms with van der Waals surface area (Å²) in [5.41, 5.74) is -0.868. The first kappa shape index (κ1) is 31.6. The smallest absolute Gasteiger partial charge is 0.173 e. The van der Waals surface area contributed by atoms with Crippen LogP contribution in [0, 0.1) is 0 Å². The zero-order chi connectivity index (χ0) is 30.8. The van der Waals surface area contributed by atoms with Gasteiger partial charge in [0.25, 0.3) is 0 Å². The van der Waals surface area contributed by atoms with Gasteiger partial charge in [-0.25, -0.2) is 0 Å². The molecule has 6 saturated heterocycles. The lowest BCUT2D eigenvalue weighted by Crippen LogP contribution is -2.74. The van der Waals surface area contributed by atoms with Gasteiger partial charge in [-0.05, 0) is 83.1 Å². The molecule has 0 aromatic rings. The number of nitrogens with one attached hydrogen (secondary N) is 3. The van der Waals surface area contributed by atoms with Crippen molar-refractivity contribution in [2.75, 3.05) is 13.2 Å². The second-order valence-electron chi connectivity index (χ2n) is 18.6. The third kappa shape index (κ3) is 6.21. The molecule has 0 unspecified atom stereocenters.